The number of anilines is 1. The summed E-state index contributed by atoms with van der Waals surface area (Å²) in [5, 5.41) is 30.4. The Kier molecular flexibility index (Phi) is 26.6. The molecule has 4 heterocycles. The minimum Gasteiger partial charge on any atom is -0.449 e. The third-order valence-electron chi connectivity index (χ3n) is 13.8. The van der Waals surface area contributed by atoms with E-state index in [2.05, 4.69) is 67.9 Å². The second kappa shape index (κ2) is 34.4. The second-order valence-electron chi connectivity index (χ2n) is 20.7. The average Bonchev–Trinajstić information content (AvgIpc) is 1.89. The van der Waals surface area contributed by atoms with Crippen molar-refractivity contribution in [3.8, 4) is 11.5 Å². The third kappa shape index (κ3) is 21.5. The molecule has 18 N–H and O–H groups in total. The number of primary amides is 3. The average molecular weight is 1350 g/mol. The number of amides is 11. The lowest BCUT2D eigenvalue weighted by Gasteiger charge is -2.31. The summed E-state index contributed by atoms with van der Waals surface area (Å²) in [5.74, 6) is -25.9. The van der Waals surface area contributed by atoms with E-state index in [9.17, 15) is 70.3 Å². The molecule has 8 atom stereocenters. The highest BCUT2D eigenvalue weighted by Crippen LogP contribution is 2.30. The molecule has 31 nitrogen and oxygen atoms in total. The Balaban J connectivity index is 1.41. The zero-order valence-corrected chi connectivity index (χ0v) is 50.4. The van der Waals surface area contributed by atoms with Crippen molar-refractivity contribution in [2.45, 2.75) is 106 Å². The minimum absolute atomic E-state index is 0.00642. The van der Waals surface area contributed by atoms with Gasteiger partial charge in [0.05, 0.1) is 13.0 Å². The van der Waals surface area contributed by atoms with Gasteiger partial charge in [-0.3, -0.25) is 57.7 Å². The van der Waals surface area contributed by atoms with Crippen molar-refractivity contribution in [3.63, 3.8) is 0 Å². The standard InChI is InChI=1S/C54H63F6N19O12S2/c55-38-40(44(59)77-75-42(38)57)68-32-22-92-93-23-33(53(90)79-17-5-9-34(79)52(89)70-27(8-4-16-66-54(64)65)46(83)67-21-37(63)82)74-50(87)31(20-36(62)81)73-47(84)28(14-15-35(61)80)69-48(85)29(18-24-6-2-1-3-7-24)71-49(86)30(72-51(32)88)19-25-10-12-26(13-11-25)91-41-39(56)43(58)76-78-45(41)60/h1-3,6-7,10-13,27-34H,4-5,8-9,14-23H2,(H2,61,80)(H2,62,81)(H2,63,82)(H,67,83)(H,68,75)(H,69,85)(H,70,89)(H,71,86)(H,72,88)(H,73,84)(H,74,87)(H4,64,65,66)/t27-,28?,29-,30?,31?,32-,33-,34-/m0/s1. The molecule has 0 bridgehead atoms. The maximum atomic E-state index is 15.4. The molecule has 11 amide bonds. The van der Waals surface area contributed by atoms with Gasteiger partial charge in [-0.15, -0.1) is 20.4 Å². The molecule has 500 valence electrons. The Hall–Kier alpha value is -10.1. The van der Waals surface area contributed by atoms with Gasteiger partial charge in [-0.25, -0.2) is 0 Å². The molecule has 2 fully saturated rings. The molecule has 6 rings (SSSR count). The highest BCUT2D eigenvalue weighted by molar-refractivity contribution is 8.76. The van der Waals surface area contributed by atoms with Crippen LogP contribution in [0.5, 0.6) is 11.5 Å². The number of hydrogen-bond acceptors (Lipinski definition) is 20. The van der Waals surface area contributed by atoms with Gasteiger partial charge < -0.3 is 80.8 Å². The molecular formula is C54H63F6N19O12S2. The maximum absolute atomic E-state index is 15.4. The molecule has 39 heteroatoms. The number of hydrogen-bond donors (Lipinski definition) is 13. The van der Waals surface area contributed by atoms with E-state index in [-0.39, 0.29) is 62.5 Å². The number of nitrogens with one attached hydrogen (secondary N) is 8. The lowest BCUT2D eigenvalue weighted by molar-refractivity contribution is -0.142. The lowest BCUT2D eigenvalue weighted by Crippen LogP contribution is -2.61. The second-order valence-corrected chi connectivity index (χ2v) is 23.2. The fourth-order valence-corrected chi connectivity index (χ4v) is 11.5. The highest BCUT2D eigenvalue weighted by Gasteiger charge is 2.41. The summed E-state index contributed by atoms with van der Waals surface area (Å²) in [5.41, 5.74) is 26.2. The summed E-state index contributed by atoms with van der Waals surface area (Å²) in [6.07, 6.45) is -2.95. The van der Waals surface area contributed by atoms with E-state index in [1.807, 2.05) is 0 Å². The lowest BCUT2D eigenvalue weighted by atomic mass is 10.0. The van der Waals surface area contributed by atoms with Crippen molar-refractivity contribution in [1.29, 1.82) is 0 Å². The van der Waals surface area contributed by atoms with E-state index in [0.29, 0.717) is 27.2 Å². The Morgan fingerprint density at radius 2 is 1.23 bits per heavy atom. The van der Waals surface area contributed by atoms with Crippen LogP contribution >= 0.6 is 21.6 Å². The topological polar surface area (TPSA) is 490 Å². The Bertz CT molecular complexity index is 3460. The largest absolute Gasteiger partial charge is 0.449 e. The molecular weight excluding hydrogens is 1280 g/mol. The molecule has 0 aliphatic carbocycles. The summed E-state index contributed by atoms with van der Waals surface area (Å²) in [6, 6.07) is -1.31. The van der Waals surface area contributed by atoms with Crippen LogP contribution in [0, 0.1) is 35.4 Å². The number of halogens is 6. The van der Waals surface area contributed by atoms with Gasteiger partial charge in [0.1, 0.15) is 59.8 Å². The van der Waals surface area contributed by atoms with Gasteiger partial charge in [-0.05, 0) is 55.4 Å². The molecule has 3 unspecified atom stereocenters. The van der Waals surface area contributed by atoms with Crippen LogP contribution in [0.2, 0.25) is 0 Å². The minimum atomic E-state index is -1.98. The smallest absolute Gasteiger partial charge is 0.278 e. The quantitative estimate of drug-likeness (QED) is 0.0118. The first kappa shape index (κ1) is 72.0. The van der Waals surface area contributed by atoms with Crippen molar-refractivity contribution in [2.24, 2.45) is 33.7 Å². The number of likely N-dealkylation sites (tertiary alicyclic amines) is 1. The van der Waals surface area contributed by atoms with Crippen molar-refractivity contribution >= 4 is 98.2 Å². The van der Waals surface area contributed by atoms with Crippen molar-refractivity contribution in [2.75, 3.05) is 36.5 Å². The molecule has 4 aromatic rings. The monoisotopic (exact) mass is 1350 g/mol. The molecule has 2 saturated heterocycles. The molecule has 93 heavy (non-hydrogen) atoms. The summed E-state index contributed by atoms with van der Waals surface area (Å²) in [4.78, 5) is 157. The predicted molar refractivity (Wildman–Crippen MR) is 317 cm³/mol. The molecule has 2 aliphatic rings. The number of nitrogens with two attached hydrogens (primary N) is 5. The van der Waals surface area contributed by atoms with Crippen LogP contribution in [-0.4, -0.2) is 176 Å². The fourth-order valence-electron chi connectivity index (χ4n) is 9.19. The first-order chi connectivity index (χ1) is 44.2. The van der Waals surface area contributed by atoms with Crippen molar-refractivity contribution < 1.29 is 83.8 Å². The Labute approximate surface area is 531 Å². The molecule has 2 aliphatic heterocycles. The van der Waals surface area contributed by atoms with Gasteiger partial charge in [0.2, 0.25) is 82.4 Å². The number of aliphatic imine (C=N–C) groups is 1. The van der Waals surface area contributed by atoms with E-state index in [0.717, 1.165) is 17.0 Å². The van der Waals surface area contributed by atoms with Crippen LogP contribution in [-0.2, 0) is 65.6 Å². The summed E-state index contributed by atoms with van der Waals surface area (Å²) >= 11 is 0. The van der Waals surface area contributed by atoms with Gasteiger partial charge >= 0.3 is 0 Å². The number of carbonyl (C=O) groups is 11. The van der Waals surface area contributed by atoms with E-state index < -0.39 is 204 Å². The summed E-state index contributed by atoms with van der Waals surface area (Å²) < 4.78 is 93.3. The highest BCUT2D eigenvalue weighted by atomic mass is 33.1. The zero-order chi connectivity index (χ0) is 68.1. The number of aromatic nitrogens is 4. The van der Waals surface area contributed by atoms with E-state index in [1.54, 1.807) is 30.3 Å². The van der Waals surface area contributed by atoms with Crippen LogP contribution in [0.4, 0.5) is 32.0 Å². The maximum Gasteiger partial charge on any atom is 0.278 e. The molecule has 2 aromatic carbocycles. The molecule has 0 radical (unpaired) electrons. The van der Waals surface area contributed by atoms with Crippen molar-refractivity contribution in [1.82, 2.24) is 62.5 Å². The number of nitrogens with zero attached hydrogens (tertiary/aromatic N) is 6. The van der Waals surface area contributed by atoms with Gasteiger partial charge in [0, 0.05) is 43.9 Å². The first-order valence-electron chi connectivity index (χ1n) is 28.1. The first-order valence-corrected chi connectivity index (χ1v) is 30.5. The van der Waals surface area contributed by atoms with E-state index >= 15 is 8.78 Å². The number of carbonyl (C=O) groups excluding carboxylic acids is 11. The number of guanidine groups is 1. The normalized spacial score (nSPS) is 20.4. The van der Waals surface area contributed by atoms with Crippen molar-refractivity contribution in [3.05, 3.63) is 101 Å². The third-order valence-corrected chi connectivity index (χ3v) is 16.2. The Morgan fingerprint density at radius 1 is 0.656 bits per heavy atom. The Morgan fingerprint density at radius 3 is 1.86 bits per heavy atom. The SMILES string of the molecule is NC(=O)CCC1NC(=O)[C@H](Cc2ccccc2)NC(=O)C(Cc2ccc(Oc3c(F)nnc(F)c3F)cc2)NC(=O)[C@@H](Nc2c(F)nnc(F)c2F)CSSC[C@@H](C(=O)N2CCC[C@H]2C(=O)N[C@@H](CCCN=C(N)N)C(=O)NCC(N)=O)NC(=O)C(CC(N)=O)NC1=O. The summed E-state index contributed by atoms with van der Waals surface area (Å²) in [7, 11) is 1.36. The zero-order valence-electron chi connectivity index (χ0n) is 48.8. The van der Waals surface area contributed by atoms with Gasteiger partial charge in [0.25, 0.3) is 23.8 Å². The molecule has 2 aromatic heterocycles. The van der Waals surface area contributed by atoms with Crippen LogP contribution in [0.25, 0.3) is 0 Å². The molecule has 0 spiro atoms. The number of benzene rings is 2. The van der Waals surface area contributed by atoms with Crippen LogP contribution in [0.15, 0.2) is 59.6 Å². The fraction of sp³-hybridized carbons (Fsp3) is 0.407. The molecule has 0 saturated carbocycles. The predicted octanol–water partition coefficient (Wildman–Crippen LogP) is -2.75. The van der Waals surface area contributed by atoms with Gasteiger partial charge in [-0.2, -0.15) is 26.3 Å². The van der Waals surface area contributed by atoms with Gasteiger partial charge in [0.15, 0.2) is 5.96 Å². The van der Waals surface area contributed by atoms with Crippen LogP contribution in [0.3, 0.4) is 0 Å². The van der Waals surface area contributed by atoms with E-state index in [4.69, 9.17) is 33.4 Å². The van der Waals surface area contributed by atoms with Crippen LogP contribution < -0.4 is 75.9 Å². The number of rotatable bonds is 23. The summed E-state index contributed by atoms with van der Waals surface area (Å²) in [6.45, 7) is -0.769. The number of ether oxygens (including phenoxy) is 1. The van der Waals surface area contributed by atoms with Crippen LogP contribution in [0.1, 0.15) is 56.1 Å². The van der Waals surface area contributed by atoms with E-state index in [1.165, 1.54) is 12.1 Å². The van der Waals surface area contributed by atoms with Gasteiger partial charge in [-0.1, -0.05) is 64.1 Å².